The Bertz CT molecular complexity index is 592. The minimum absolute atomic E-state index is 0.308. The Morgan fingerprint density at radius 2 is 1.60 bits per heavy atom. The predicted octanol–water partition coefficient (Wildman–Crippen LogP) is 5.48. The summed E-state index contributed by atoms with van der Waals surface area (Å²) in [6, 6.07) is 15.7. The largest absolute Gasteiger partial charge is 0.304 e. The lowest BCUT2D eigenvalue weighted by Gasteiger charge is -2.22. The van der Waals surface area contributed by atoms with Gasteiger partial charge in [0.05, 0.1) is 0 Å². The van der Waals surface area contributed by atoms with Crippen LogP contribution in [0.25, 0.3) is 0 Å². The number of hydrogen-bond donors (Lipinski definition) is 1. The van der Waals surface area contributed by atoms with Gasteiger partial charge in [-0.25, -0.2) is 0 Å². The highest BCUT2D eigenvalue weighted by Gasteiger charge is 2.13. The maximum atomic E-state index is 3.67. The maximum Gasteiger partial charge on any atom is 0.0308 e. The normalized spacial score (nSPS) is 14.1. The fourth-order valence-electron chi connectivity index (χ4n) is 2.42. The van der Waals surface area contributed by atoms with E-state index in [1.54, 1.807) is 0 Å². The quantitative estimate of drug-likeness (QED) is 0.782. The first-order chi connectivity index (χ1) is 9.49. The van der Waals surface area contributed by atoms with E-state index in [1.807, 2.05) is 6.07 Å². The van der Waals surface area contributed by atoms with Crippen LogP contribution in [0.3, 0.4) is 0 Å². The van der Waals surface area contributed by atoms with Crippen LogP contribution < -0.4 is 5.32 Å². The zero-order chi connectivity index (χ0) is 14.7. The Hall–Kier alpha value is -1.12. The summed E-state index contributed by atoms with van der Waals surface area (Å²) in [6.45, 7) is 8.75. The molecule has 0 fully saturated rings. The van der Waals surface area contributed by atoms with E-state index >= 15 is 0 Å². The molecule has 0 heterocycles. The van der Waals surface area contributed by atoms with E-state index in [2.05, 4.69) is 85.3 Å². The zero-order valence-electron chi connectivity index (χ0n) is 12.6. The third-order valence-corrected chi connectivity index (χ3v) is 4.62. The van der Waals surface area contributed by atoms with Gasteiger partial charge in [0, 0.05) is 16.6 Å². The van der Waals surface area contributed by atoms with Crippen LogP contribution in [0, 0.1) is 13.8 Å². The average Bonchev–Trinajstić information content (AvgIpc) is 2.42. The predicted molar refractivity (Wildman–Crippen MR) is 90.0 cm³/mol. The highest BCUT2D eigenvalue weighted by atomic mass is 79.9. The molecule has 0 amide bonds. The van der Waals surface area contributed by atoms with Gasteiger partial charge in [-0.3, -0.25) is 0 Å². The molecular formula is C18H22BrN. The molecule has 0 aromatic heterocycles. The van der Waals surface area contributed by atoms with E-state index < -0.39 is 0 Å². The van der Waals surface area contributed by atoms with Crippen molar-refractivity contribution in [2.45, 2.75) is 39.8 Å². The van der Waals surface area contributed by atoms with Crippen LogP contribution in [-0.2, 0) is 0 Å². The molecule has 2 rings (SSSR count). The number of nitrogens with one attached hydrogen (secondary N) is 1. The van der Waals surface area contributed by atoms with Gasteiger partial charge < -0.3 is 5.32 Å². The average molecular weight is 332 g/mol. The molecule has 2 aromatic rings. The Kier molecular flexibility index (Phi) is 5.00. The molecule has 0 aliphatic rings. The fourth-order valence-corrected chi connectivity index (χ4v) is 3.05. The van der Waals surface area contributed by atoms with Crippen LogP contribution in [0.4, 0.5) is 0 Å². The molecule has 106 valence electrons. The van der Waals surface area contributed by atoms with Gasteiger partial charge in [0.2, 0.25) is 0 Å². The standard InChI is InChI=1S/C18H22BrN/c1-12-9-10-16(11-13(12)2)14(3)20-15(4)17-7-5-6-8-18(17)19/h5-11,14-15,20H,1-4H3. The summed E-state index contributed by atoms with van der Waals surface area (Å²) < 4.78 is 1.16. The first kappa shape index (κ1) is 15.3. The molecule has 0 aliphatic carbocycles. The summed E-state index contributed by atoms with van der Waals surface area (Å²) in [5.74, 6) is 0. The van der Waals surface area contributed by atoms with E-state index in [0.717, 1.165) is 4.47 Å². The van der Waals surface area contributed by atoms with E-state index in [0.29, 0.717) is 12.1 Å². The van der Waals surface area contributed by atoms with Gasteiger partial charge in [-0.05, 0) is 56.0 Å². The van der Waals surface area contributed by atoms with Crippen LogP contribution >= 0.6 is 15.9 Å². The van der Waals surface area contributed by atoms with Crippen LogP contribution in [-0.4, -0.2) is 0 Å². The fraction of sp³-hybridized carbons (Fsp3) is 0.333. The molecule has 1 nitrogen and oxygen atoms in total. The number of hydrogen-bond acceptors (Lipinski definition) is 1. The van der Waals surface area contributed by atoms with Crippen LogP contribution in [0.1, 0.15) is 48.2 Å². The van der Waals surface area contributed by atoms with Gasteiger partial charge in [0.15, 0.2) is 0 Å². The van der Waals surface area contributed by atoms with E-state index in [4.69, 9.17) is 0 Å². The molecule has 2 unspecified atom stereocenters. The van der Waals surface area contributed by atoms with Gasteiger partial charge in [-0.2, -0.15) is 0 Å². The maximum absolute atomic E-state index is 3.67. The summed E-state index contributed by atoms with van der Waals surface area (Å²) in [5, 5.41) is 3.67. The number of halogens is 1. The second-order valence-corrected chi connectivity index (χ2v) is 6.33. The summed E-state index contributed by atoms with van der Waals surface area (Å²) in [7, 11) is 0. The molecule has 2 aromatic carbocycles. The Labute approximate surface area is 130 Å². The Morgan fingerprint density at radius 1 is 0.900 bits per heavy atom. The summed E-state index contributed by atoms with van der Waals surface area (Å²) >= 11 is 3.62. The molecule has 0 saturated carbocycles. The summed E-state index contributed by atoms with van der Waals surface area (Å²) in [5.41, 5.74) is 5.33. The lowest BCUT2D eigenvalue weighted by Crippen LogP contribution is -2.22. The smallest absolute Gasteiger partial charge is 0.0308 e. The molecule has 0 saturated heterocycles. The van der Waals surface area contributed by atoms with Gasteiger partial charge in [-0.1, -0.05) is 52.3 Å². The lowest BCUT2D eigenvalue weighted by molar-refractivity contribution is 0.493. The van der Waals surface area contributed by atoms with Crippen molar-refractivity contribution in [3.05, 3.63) is 69.2 Å². The van der Waals surface area contributed by atoms with Crippen molar-refractivity contribution in [2.24, 2.45) is 0 Å². The Balaban J connectivity index is 2.13. The van der Waals surface area contributed by atoms with Gasteiger partial charge in [0.25, 0.3) is 0 Å². The Morgan fingerprint density at radius 3 is 2.25 bits per heavy atom. The third-order valence-electron chi connectivity index (χ3n) is 3.90. The van der Waals surface area contributed by atoms with Gasteiger partial charge in [-0.15, -0.1) is 0 Å². The second-order valence-electron chi connectivity index (χ2n) is 5.48. The number of rotatable bonds is 4. The molecule has 0 radical (unpaired) electrons. The molecule has 2 atom stereocenters. The van der Waals surface area contributed by atoms with Gasteiger partial charge >= 0.3 is 0 Å². The van der Waals surface area contributed by atoms with Crippen LogP contribution in [0.15, 0.2) is 46.9 Å². The second kappa shape index (κ2) is 6.55. The molecule has 20 heavy (non-hydrogen) atoms. The lowest BCUT2D eigenvalue weighted by atomic mass is 10.0. The molecule has 1 N–H and O–H groups in total. The first-order valence-electron chi connectivity index (χ1n) is 7.06. The molecule has 0 bridgehead atoms. The molecule has 2 heteroatoms. The minimum Gasteiger partial charge on any atom is -0.304 e. The number of aryl methyl sites for hydroxylation is 2. The van der Waals surface area contributed by atoms with Crippen molar-refractivity contribution in [3.63, 3.8) is 0 Å². The van der Waals surface area contributed by atoms with Crippen molar-refractivity contribution in [1.29, 1.82) is 0 Å². The van der Waals surface area contributed by atoms with Crippen molar-refractivity contribution in [3.8, 4) is 0 Å². The topological polar surface area (TPSA) is 12.0 Å². The SMILES string of the molecule is Cc1ccc(C(C)NC(C)c2ccccc2Br)cc1C. The van der Waals surface area contributed by atoms with Crippen molar-refractivity contribution in [2.75, 3.05) is 0 Å². The van der Waals surface area contributed by atoms with Crippen LogP contribution in [0.5, 0.6) is 0 Å². The monoisotopic (exact) mass is 331 g/mol. The van der Waals surface area contributed by atoms with Crippen molar-refractivity contribution >= 4 is 15.9 Å². The van der Waals surface area contributed by atoms with Gasteiger partial charge in [0.1, 0.15) is 0 Å². The van der Waals surface area contributed by atoms with Crippen molar-refractivity contribution < 1.29 is 0 Å². The van der Waals surface area contributed by atoms with E-state index in [1.165, 1.54) is 22.3 Å². The zero-order valence-corrected chi connectivity index (χ0v) is 14.2. The van der Waals surface area contributed by atoms with E-state index in [9.17, 15) is 0 Å². The minimum atomic E-state index is 0.308. The van der Waals surface area contributed by atoms with Crippen molar-refractivity contribution in [1.82, 2.24) is 5.32 Å². The number of benzene rings is 2. The molecular weight excluding hydrogens is 310 g/mol. The summed E-state index contributed by atoms with van der Waals surface area (Å²) in [6.07, 6.45) is 0. The van der Waals surface area contributed by atoms with Crippen LogP contribution in [0.2, 0.25) is 0 Å². The third kappa shape index (κ3) is 3.50. The highest BCUT2D eigenvalue weighted by Crippen LogP contribution is 2.26. The van der Waals surface area contributed by atoms with E-state index in [-0.39, 0.29) is 0 Å². The summed E-state index contributed by atoms with van der Waals surface area (Å²) in [4.78, 5) is 0. The molecule has 0 aliphatic heterocycles. The highest BCUT2D eigenvalue weighted by molar-refractivity contribution is 9.10. The molecule has 0 spiro atoms. The first-order valence-corrected chi connectivity index (χ1v) is 7.86.